The molecule has 3 aromatic rings. The maximum atomic E-state index is 13.1. The number of aromatic nitrogens is 2. The minimum Gasteiger partial charge on any atom is -0.508 e. The second-order valence-corrected chi connectivity index (χ2v) is 10.8. The topological polar surface area (TPSA) is 103 Å². The first kappa shape index (κ1) is 25.6. The summed E-state index contributed by atoms with van der Waals surface area (Å²) in [6.45, 7) is 4.29. The van der Waals surface area contributed by atoms with Crippen LogP contribution < -0.4 is 4.31 Å². The van der Waals surface area contributed by atoms with E-state index in [-0.39, 0.29) is 18.0 Å². The highest BCUT2D eigenvalue weighted by Crippen LogP contribution is 2.47. The van der Waals surface area contributed by atoms with Gasteiger partial charge < -0.3 is 5.11 Å². The molecule has 0 radical (unpaired) electrons. The summed E-state index contributed by atoms with van der Waals surface area (Å²) in [6, 6.07) is 11.8. The van der Waals surface area contributed by atoms with Gasteiger partial charge in [-0.15, -0.1) is 0 Å². The number of phenolic OH excluding ortho intramolecular Hbond substituents is 1. The Morgan fingerprint density at radius 1 is 1.24 bits per heavy atom. The number of rotatable bonds is 5. The van der Waals surface area contributed by atoms with E-state index in [4.69, 9.17) is 0 Å². The molecule has 34 heavy (non-hydrogen) atoms. The molecule has 2 heterocycles. The largest absolute Gasteiger partial charge is 0.508 e. The lowest BCUT2D eigenvalue weighted by atomic mass is 9.81. The number of hydrogen-bond donors (Lipinski definition) is 2. The van der Waals surface area contributed by atoms with Crippen LogP contribution in [0.2, 0.25) is 0 Å². The minimum absolute atomic E-state index is 0.135. The van der Waals surface area contributed by atoms with Gasteiger partial charge in [0, 0.05) is 35.7 Å². The Kier molecular flexibility index (Phi) is 7.32. The maximum absolute atomic E-state index is 13.1. The van der Waals surface area contributed by atoms with Gasteiger partial charge in [-0.2, -0.15) is 13.9 Å². The lowest BCUT2D eigenvalue weighted by molar-refractivity contribution is 0.0993. The number of alkyl halides is 3. The van der Waals surface area contributed by atoms with Crippen LogP contribution in [0.5, 0.6) is 5.75 Å². The van der Waals surface area contributed by atoms with Crippen LogP contribution in [0, 0.1) is 0 Å². The van der Waals surface area contributed by atoms with E-state index < -0.39 is 21.3 Å². The number of phenols is 1. The molecule has 1 aromatic heterocycles. The number of carbonyl (C=O) groups excluding carboxylic acids is 1. The van der Waals surface area contributed by atoms with Crippen molar-refractivity contribution in [1.29, 1.82) is 0 Å². The Balaban J connectivity index is 0.000000751. The fraction of sp³-hybridized carbons (Fsp3) is 0.304. The molecule has 0 spiro atoms. The minimum atomic E-state index is -3.51. The van der Waals surface area contributed by atoms with Crippen molar-refractivity contribution in [1.82, 2.24) is 10.2 Å². The van der Waals surface area contributed by atoms with Crippen molar-refractivity contribution in [3.63, 3.8) is 0 Å². The predicted octanol–water partition coefficient (Wildman–Crippen LogP) is 4.71. The number of fused-ring (bicyclic) bond motifs is 1. The summed E-state index contributed by atoms with van der Waals surface area (Å²) in [4.78, 5) is 13.1. The van der Waals surface area contributed by atoms with E-state index in [1.54, 1.807) is 24.4 Å². The number of nitrogens with one attached hydrogen (secondary N) is 1. The average Bonchev–Trinajstić information content (AvgIpc) is 3.35. The smallest absolute Gasteiger partial charge is 0.312 e. The Labute approximate surface area is 201 Å². The molecule has 2 N–H and O–H groups in total. The predicted molar refractivity (Wildman–Crippen MR) is 127 cm³/mol. The van der Waals surface area contributed by atoms with Crippen LogP contribution >= 0.6 is 11.6 Å². The lowest BCUT2D eigenvalue weighted by Gasteiger charge is -2.21. The van der Waals surface area contributed by atoms with Crippen molar-refractivity contribution < 1.29 is 27.1 Å². The van der Waals surface area contributed by atoms with Crippen LogP contribution in [0.1, 0.15) is 35.3 Å². The van der Waals surface area contributed by atoms with Crippen LogP contribution in [0.15, 0.2) is 48.7 Å². The van der Waals surface area contributed by atoms with Gasteiger partial charge in [-0.1, -0.05) is 37.6 Å². The molecule has 182 valence electrons. The van der Waals surface area contributed by atoms with Gasteiger partial charge in [0.25, 0.3) is 0 Å². The molecule has 0 saturated heterocycles. The van der Waals surface area contributed by atoms with Gasteiger partial charge in [0.05, 0.1) is 17.6 Å². The second kappa shape index (κ2) is 9.71. The number of benzene rings is 2. The third-order valence-corrected chi connectivity index (χ3v) is 6.54. The van der Waals surface area contributed by atoms with E-state index in [0.29, 0.717) is 17.8 Å². The molecular formula is C23H24ClF2N3O4S. The van der Waals surface area contributed by atoms with Crippen molar-refractivity contribution in [2.45, 2.75) is 31.6 Å². The quantitative estimate of drug-likeness (QED) is 0.381. The average molecular weight is 512 g/mol. The van der Waals surface area contributed by atoms with Gasteiger partial charge >= 0.3 is 5.88 Å². The highest BCUT2D eigenvalue weighted by molar-refractivity contribution is 7.92. The van der Waals surface area contributed by atoms with Crippen molar-refractivity contribution in [2.24, 2.45) is 0 Å². The number of anilines is 1. The van der Waals surface area contributed by atoms with Crippen LogP contribution in [0.3, 0.4) is 0 Å². The number of H-pyrrole nitrogens is 1. The second-order valence-electron chi connectivity index (χ2n) is 8.56. The lowest BCUT2D eigenvalue weighted by Crippen LogP contribution is -2.33. The van der Waals surface area contributed by atoms with Crippen LogP contribution in [-0.2, 0) is 21.9 Å². The fourth-order valence-corrected chi connectivity index (χ4v) is 5.09. The standard InChI is InChI=1S/C22H23N3O4S.CHClF2/c1-22(2)13-25(30(3,28)29)19-12-15(11-17(21(19)22)18-8-9-23-24-18)20(27)10-14-4-6-16(26)7-5-14;2-1(3)4/h4-9,11-12,26H,10,13H2,1-3H3,(H,23,24);1H. The summed E-state index contributed by atoms with van der Waals surface area (Å²) in [7, 11) is -3.51. The Bertz CT molecular complexity index is 1280. The SMILES string of the molecule is CC1(C)CN(S(C)(=O)=O)c2cc(C(=O)Cc3ccc(O)cc3)cc(-c3ccn[nH]3)c21.FC(F)Cl. The van der Waals surface area contributed by atoms with Crippen molar-refractivity contribution in [3.05, 3.63) is 65.4 Å². The summed E-state index contributed by atoms with van der Waals surface area (Å²) in [5.41, 5.74) is 3.67. The van der Waals surface area contributed by atoms with Gasteiger partial charge in [0.2, 0.25) is 10.0 Å². The molecule has 0 unspecified atom stereocenters. The number of Topliss-reactive ketones (excluding diaryl/α,β-unsaturated/α-hetero) is 1. The first-order chi connectivity index (χ1) is 15.8. The van der Waals surface area contributed by atoms with Crippen LogP contribution in [0.25, 0.3) is 11.3 Å². The number of ketones is 1. The number of carbonyl (C=O) groups is 1. The molecule has 0 amide bonds. The van der Waals surface area contributed by atoms with Crippen molar-refractivity contribution in [3.8, 4) is 17.0 Å². The number of hydrogen-bond acceptors (Lipinski definition) is 5. The van der Waals surface area contributed by atoms with E-state index in [1.807, 2.05) is 26.0 Å². The highest BCUT2D eigenvalue weighted by atomic mass is 35.5. The third-order valence-electron chi connectivity index (χ3n) is 5.42. The maximum Gasteiger partial charge on any atom is 0.312 e. The van der Waals surface area contributed by atoms with Gasteiger partial charge in [0.15, 0.2) is 5.78 Å². The molecule has 0 saturated carbocycles. The normalized spacial score (nSPS) is 14.5. The number of nitrogens with zero attached hydrogens (tertiary/aromatic N) is 2. The molecule has 1 aliphatic rings. The summed E-state index contributed by atoms with van der Waals surface area (Å²) in [5.74, 6) is -2.70. The number of aromatic amines is 1. The van der Waals surface area contributed by atoms with E-state index in [2.05, 4.69) is 21.8 Å². The molecule has 0 aliphatic carbocycles. The molecule has 4 rings (SSSR count). The molecule has 7 nitrogen and oxygen atoms in total. The van der Waals surface area contributed by atoms with E-state index in [0.717, 1.165) is 22.4 Å². The molecular weight excluding hydrogens is 488 g/mol. The summed E-state index contributed by atoms with van der Waals surface area (Å²) < 4.78 is 46.5. The number of sulfonamides is 1. The number of aromatic hydroxyl groups is 1. The van der Waals surface area contributed by atoms with E-state index >= 15 is 0 Å². The Morgan fingerprint density at radius 2 is 1.85 bits per heavy atom. The first-order valence-corrected chi connectivity index (χ1v) is 12.5. The molecule has 0 atom stereocenters. The highest BCUT2D eigenvalue weighted by Gasteiger charge is 2.41. The molecule has 2 aromatic carbocycles. The summed E-state index contributed by atoms with van der Waals surface area (Å²) in [6.07, 6.45) is 2.95. The molecule has 0 bridgehead atoms. The van der Waals surface area contributed by atoms with Gasteiger partial charge in [-0.3, -0.25) is 14.2 Å². The van der Waals surface area contributed by atoms with E-state index in [1.165, 1.54) is 22.7 Å². The molecule has 1 aliphatic heterocycles. The Hall–Kier alpha value is -2.98. The van der Waals surface area contributed by atoms with Gasteiger partial charge in [0.1, 0.15) is 5.75 Å². The van der Waals surface area contributed by atoms with E-state index in [9.17, 15) is 27.1 Å². The van der Waals surface area contributed by atoms with Crippen molar-refractivity contribution >= 4 is 33.1 Å². The molecule has 0 fully saturated rings. The zero-order chi connectivity index (χ0) is 25.3. The van der Waals surface area contributed by atoms with Crippen LogP contribution in [-0.4, -0.2) is 48.2 Å². The first-order valence-electron chi connectivity index (χ1n) is 10.2. The summed E-state index contributed by atoms with van der Waals surface area (Å²) >= 11 is 3.94. The monoisotopic (exact) mass is 511 g/mol. The Morgan fingerprint density at radius 3 is 2.38 bits per heavy atom. The zero-order valence-electron chi connectivity index (χ0n) is 18.7. The fourth-order valence-electron chi connectivity index (χ4n) is 4.03. The van der Waals surface area contributed by atoms with Crippen molar-refractivity contribution in [2.75, 3.05) is 17.1 Å². The zero-order valence-corrected chi connectivity index (χ0v) is 20.3. The number of halogens is 3. The summed E-state index contributed by atoms with van der Waals surface area (Å²) in [5, 5.41) is 16.4. The van der Waals surface area contributed by atoms with Gasteiger partial charge in [-0.25, -0.2) is 8.42 Å². The molecule has 11 heteroatoms. The van der Waals surface area contributed by atoms with Crippen LogP contribution in [0.4, 0.5) is 14.5 Å². The third kappa shape index (κ3) is 5.74. The van der Waals surface area contributed by atoms with Gasteiger partial charge in [-0.05, 0) is 41.5 Å².